The number of ether oxygens (including phenoxy) is 1. The molecular weight excluding hydrogens is 820 g/mol. The van der Waals surface area contributed by atoms with E-state index in [1.54, 1.807) is 0 Å². The Morgan fingerprint density at radius 1 is 0.808 bits per heavy atom. The van der Waals surface area contributed by atoms with E-state index in [0.717, 1.165) is 57.4 Å². The molecule has 0 N–H and O–H groups in total. The molecule has 0 fully saturated rings. The third kappa shape index (κ3) is 7.00. The number of aromatic nitrogens is 4. The maximum Gasteiger partial charge on any atom is 2.00 e. The van der Waals surface area contributed by atoms with Crippen LogP contribution in [0.15, 0.2) is 79.0 Å². The number of nitrogens with zero attached hydrogens (tertiary/aromatic N) is 4. The summed E-state index contributed by atoms with van der Waals surface area (Å²) in [5.41, 5.74) is 13.7. The first-order valence-corrected chi connectivity index (χ1v) is 18.2. The van der Waals surface area contributed by atoms with E-state index in [4.69, 9.17) is 14.8 Å². The van der Waals surface area contributed by atoms with Gasteiger partial charge in [0.15, 0.2) is 0 Å². The second kappa shape index (κ2) is 14.5. The molecule has 0 aliphatic heterocycles. The molecule has 7 rings (SSSR count). The van der Waals surface area contributed by atoms with Gasteiger partial charge in [-0.3, -0.25) is 4.68 Å². The first-order valence-electron chi connectivity index (χ1n) is 18.2. The second-order valence-electron chi connectivity index (χ2n) is 15.5. The van der Waals surface area contributed by atoms with Gasteiger partial charge in [0.1, 0.15) is 5.82 Å². The molecule has 6 heteroatoms. The predicted octanol–water partition coefficient (Wildman–Crippen LogP) is 11.7. The van der Waals surface area contributed by atoms with Gasteiger partial charge < -0.3 is 9.30 Å². The molecule has 52 heavy (non-hydrogen) atoms. The van der Waals surface area contributed by atoms with Crippen molar-refractivity contribution in [3.05, 3.63) is 130 Å². The van der Waals surface area contributed by atoms with Crippen LogP contribution in [0.4, 0.5) is 0 Å². The zero-order valence-corrected chi connectivity index (χ0v) is 34.3. The second-order valence-corrected chi connectivity index (χ2v) is 15.5. The Labute approximate surface area is 323 Å². The smallest absolute Gasteiger partial charge is 0.509 e. The number of aryl methyl sites for hydroxylation is 5. The van der Waals surface area contributed by atoms with E-state index in [-0.39, 0.29) is 26.5 Å². The monoisotopic (exact) mass is 867 g/mol. The minimum atomic E-state index is -0.134. The average Bonchev–Trinajstić information content (AvgIpc) is 3.57. The van der Waals surface area contributed by atoms with Crippen molar-refractivity contribution in [1.82, 2.24) is 19.3 Å². The van der Waals surface area contributed by atoms with Crippen molar-refractivity contribution in [3.8, 4) is 34.1 Å². The van der Waals surface area contributed by atoms with E-state index in [0.29, 0.717) is 17.4 Å². The maximum absolute atomic E-state index is 6.72. The van der Waals surface area contributed by atoms with Crippen LogP contribution in [0.25, 0.3) is 44.4 Å². The van der Waals surface area contributed by atoms with Gasteiger partial charge in [-0.05, 0) is 103 Å². The molecule has 0 aliphatic carbocycles. The summed E-state index contributed by atoms with van der Waals surface area (Å²) in [5, 5.41) is 7.48. The van der Waals surface area contributed by atoms with Crippen molar-refractivity contribution in [1.29, 1.82) is 0 Å². The Balaban J connectivity index is 0.00000464. The maximum atomic E-state index is 6.72. The van der Waals surface area contributed by atoms with Crippen LogP contribution in [0, 0.1) is 45.7 Å². The molecule has 0 saturated heterocycles. The van der Waals surface area contributed by atoms with Crippen molar-refractivity contribution >= 4 is 21.8 Å². The molecule has 0 atom stereocenters. The molecule has 7 aromatic rings. The third-order valence-corrected chi connectivity index (χ3v) is 9.83. The van der Waals surface area contributed by atoms with E-state index < -0.39 is 0 Å². The van der Waals surface area contributed by atoms with E-state index in [9.17, 15) is 0 Å². The van der Waals surface area contributed by atoms with E-state index in [1.807, 2.05) is 12.3 Å². The summed E-state index contributed by atoms with van der Waals surface area (Å²) < 4.78 is 11.0. The van der Waals surface area contributed by atoms with Crippen molar-refractivity contribution in [2.24, 2.45) is 5.92 Å². The number of pyridine rings is 1. The molecule has 0 unspecified atom stereocenters. The van der Waals surface area contributed by atoms with Gasteiger partial charge in [0.2, 0.25) is 0 Å². The van der Waals surface area contributed by atoms with Crippen LogP contribution in [0.1, 0.15) is 80.7 Å². The van der Waals surface area contributed by atoms with Crippen LogP contribution in [0.3, 0.4) is 0 Å². The largest absolute Gasteiger partial charge is 2.00 e. The van der Waals surface area contributed by atoms with Crippen LogP contribution >= 0.6 is 0 Å². The van der Waals surface area contributed by atoms with E-state index in [2.05, 4.69) is 157 Å². The molecule has 5 nitrogen and oxygen atoms in total. The van der Waals surface area contributed by atoms with Crippen LogP contribution in [-0.2, 0) is 39.3 Å². The van der Waals surface area contributed by atoms with Gasteiger partial charge in [0.25, 0.3) is 0 Å². The minimum absolute atomic E-state index is 0. The van der Waals surface area contributed by atoms with Crippen molar-refractivity contribution in [2.75, 3.05) is 0 Å². The fourth-order valence-corrected chi connectivity index (χ4v) is 7.47. The average molecular weight is 868 g/mol. The van der Waals surface area contributed by atoms with Crippen molar-refractivity contribution in [2.45, 2.75) is 87.5 Å². The fraction of sp³-hybridized carbons (Fsp3) is 0.304. The zero-order valence-electron chi connectivity index (χ0n) is 32.0. The molecule has 4 aromatic carbocycles. The van der Waals surface area contributed by atoms with Gasteiger partial charge in [-0.1, -0.05) is 83.0 Å². The summed E-state index contributed by atoms with van der Waals surface area (Å²) in [7, 11) is 0. The van der Waals surface area contributed by atoms with Crippen molar-refractivity contribution in [3.63, 3.8) is 0 Å². The number of hydrogen-bond donors (Lipinski definition) is 0. The van der Waals surface area contributed by atoms with Crippen LogP contribution in [-0.4, -0.2) is 19.3 Å². The molecule has 0 radical (unpaired) electrons. The summed E-state index contributed by atoms with van der Waals surface area (Å²) in [5.74, 6) is 2.57. The van der Waals surface area contributed by atoms with Gasteiger partial charge in [-0.15, -0.1) is 41.3 Å². The molecular formula is C46H48N4OPt. The summed E-state index contributed by atoms with van der Waals surface area (Å²) >= 11 is 0. The van der Waals surface area contributed by atoms with Gasteiger partial charge in [-0.25, -0.2) is 4.98 Å². The van der Waals surface area contributed by atoms with Gasteiger partial charge in [-0.2, -0.15) is 11.2 Å². The predicted molar refractivity (Wildman–Crippen MR) is 211 cm³/mol. The van der Waals surface area contributed by atoms with E-state index in [1.165, 1.54) is 39.1 Å². The number of fused-ring (bicyclic) bond motifs is 3. The number of benzene rings is 4. The Bertz CT molecular complexity index is 2400. The fourth-order valence-electron chi connectivity index (χ4n) is 7.47. The van der Waals surface area contributed by atoms with Crippen LogP contribution in [0.2, 0.25) is 0 Å². The Kier molecular flexibility index (Phi) is 10.4. The number of para-hydroxylation sites is 1. The van der Waals surface area contributed by atoms with Gasteiger partial charge in [0.05, 0.1) is 11.4 Å². The summed E-state index contributed by atoms with van der Waals surface area (Å²) in [6, 6.07) is 33.0. The van der Waals surface area contributed by atoms with Crippen molar-refractivity contribution < 1.29 is 25.8 Å². The minimum Gasteiger partial charge on any atom is -0.509 e. The zero-order chi connectivity index (χ0) is 36.2. The molecule has 0 aliphatic rings. The first-order chi connectivity index (χ1) is 24.3. The van der Waals surface area contributed by atoms with E-state index >= 15 is 0 Å². The molecule has 3 aromatic heterocycles. The molecule has 0 saturated carbocycles. The SMILES string of the molecule is CCc1ccnc(-n2c3[c-]c(Oc4[c-]c(-n5nc(C)c(-c6c(C)cc(C)cc6C)c5CC(C)C)cc(C(C)(C)C)c4)ccc3c3ccccc32)c1.[Pt+2]. The number of rotatable bonds is 8. The van der Waals surface area contributed by atoms with Gasteiger partial charge in [0, 0.05) is 28.8 Å². The normalized spacial score (nSPS) is 11.8. The summed E-state index contributed by atoms with van der Waals surface area (Å²) in [4.78, 5) is 4.79. The topological polar surface area (TPSA) is 44.9 Å². The summed E-state index contributed by atoms with van der Waals surface area (Å²) in [6.45, 7) is 22.1. The molecule has 0 spiro atoms. The number of hydrogen-bond acceptors (Lipinski definition) is 3. The quantitative estimate of drug-likeness (QED) is 0.143. The molecule has 3 heterocycles. The Morgan fingerprint density at radius 2 is 1.54 bits per heavy atom. The summed E-state index contributed by atoms with van der Waals surface area (Å²) in [6.07, 6.45) is 3.71. The van der Waals surface area contributed by atoms with Gasteiger partial charge >= 0.3 is 21.1 Å². The Morgan fingerprint density at radius 3 is 2.23 bits per heavy atom. The van der Waals surface area contributed by atoms with Crippen LogP contribution < -0.4 is 4.74 Å². The molecule has 0 amide bonds. The molecule has 0 bridgehead atoms. The standard InChI is InChI=1S/C46H48N4O.Pt/c1-11-33-18-19-47-43(23-33)49-40-15-13-12-14-38(40)39-17-16-36(27-41(39)49)51-37-25-34(46(8,9)10)24-35(26-37)50-42(20-28(2)3)45(32(7)48-50)44-30(5)21-29(4)22-31(44)6;/h12-19,21-25,28H,11,20H2,1-10H3;/q-2;+2. The molecule has 268 valence electrons. The third-order valence-electron chi connectivity index (χ3n) is 9.83. The first kappa shape index (κ1) is 37.3. The Hall–Kier alpha value is -4.47. The van der Waals surface area contributed by atoms with Crippen LogP contribution in [0.5, 0.6) is 11.5 Å².